The van der Waals surface area contributed by atoms with Gasteiger partial charge < -0.3 is 4.43 Å². The molecule has 0 heterocycles. The molecule has 0 aromatic carbocycles. The summed E-state index contributed by atoms with van der Waals surface area (Å²) in [5, 5.41) is 0. The van der Waals surface area contributed by atoms with Gasteiger partial charge in [0.05, 0.1) is 5.41 Å². The molecule has 21 heavy (non-hydrogen) atoms. The Morgan fingerprint density at radius 3 is 2.48 bits per heavy atom. The maximum absolute atomic E-state index is 13.0. The predicted molar refractivity (Wildman–Crippen MR) is 88.5 cm³/mol. The summed E-state index contributed by atoms with van der Waals surface area (Å²) in [6, 6.07) is 0. The van der Waals surface area contributed by atoms with Crippen molar-refractivity contribution in [2.45, 2.75) is 76.9 Å². The van der Waals surface area contributed by atoms with E-state index in [4.69, 9.17) is 4.43 Å². The van der Waals surface area contributed by atoms with E-state index in [0.29, 0.717) is 17.4 Å². The molecule has 2 fully saturated rings. The topological polar surface area (TPSA) is 26.3 Å². The Balaban J connectivity index is 1.71. The molecule has 3 heteroatoms. The minimum Gasteiger partial charge on any atom is -0.519 e. The second-order valence-electron chi connectivity index (χ2n) is 8.03. The summed E-state index contributed by atoms with van der Waals surface area (Å²) in [6.45, 7) is 6.71. The van der Waals surface area contributed by atoms with E-state index in [2.05, 4.69) is 32.2 Å². The van der Waals surface area contributed by atoms with Crippen molar-refractivity contribution in [1.82, 2.24) is 0 Å². The maximum atomic E-state index is 13.0. The lowest BCUT2D eigenvalue weighted by atomic mass is 9.74. The molecule has 0 aromatic rings. The number of hydrogen-bond acceptors (Lipinski definition) is 2. The lowest BCUT2D eigenvalue weighted by Crippen LogP contribution is -2.46. The molecule has 0 saturated heterocycles. The van der Waals surface area contributed by atoms with Crippen molar-refractivity contribution in [2.24, 2.45) is 17.3 Å². The first-order valence-corrected chi connectivity index (χ1v) is 11.9. The molecule has 2 bridgehead atoms. The van der Waals surface area contributed by atoms with Gasteiger partial charge in [0.1, 0.15) is 0 Å². The minimum atomic E-state index is -1.90. The number of hydrogen-bond donors (Lipinski definition) is 0. The van der Waals surface area contributed by atoms with E-state index < -0.39 is 8.32 Å². The monoisotopic (exact) mass is 306 g/mol. The molecule has 3 aliphatic rings. The van der Waals surface area contributed by atoms with Crippen LogP contribution < -0.4 is 0 Å². The van der Waals surface area contributed by atoms with Crippen LogP contribution in [-0.2, 0) is 9.22 Å². The summed E-state index contributed by atoms with van der Waals surface area (Å²) < 4.78 is 6.27. The zero-order chi connectivity index (χ0) is 15.1. The highest BCUT2D eigenvalue weighted by atomic mass is 28.4. The van der Waals surface area contributed by atoms with Crippen LogP contribution in [0.2, 0.25) is 18.6 Å². The molecule has 0 spiro atoms. The molecule has 0 N–H and O–H groups in total. The van der Waals surface area contributed by atoms with Crippen molar-refractivity contribution in [3.63, 3.8) is 0 Å². The second kappa shape index (κ2) is 5.57. The van der Waals surface area contributed by atoms with Gasteiger partial charge in [-0.05, 0) is 62.6 Å². The molecule has 3 aliphatic carbocycles. The van der Waals surface area contributed by atoms with Gasteiger partial charge in [-0.1, -0.05) is 38.3 Å². The summed E-state index contributed by atoms with van der Waals surface area (Å²) in [6.07, 6.45) is 14.3. The Bertz CT molecular complexity index is 436. The van der Waals surface area contributed by atoms with E-state index in [1.165, 1.54) is 38.5 Å². The zero-order valence-electron chi connectivity index (χ0n) is 13.9. The van der Waals surface area contributed by atoms with E-state index in [0.717, 1.165) is 12.8 Å². The third kappa shape index (κ3) is 2.62. The summed E-state index contributed by atoms with van der Waals surface area (Å²) >= 11 is 0. The number of carbonyl (C=O) groups is 1. The van der Waals surface area contributed by atoms with Gasteiger partial charge in [-0.3, -0.25) is 4.79 Å². The normalized spacial score (nSPS) is 36.1. The molecule has 3 rings (SSSR count). The molecule has 2 saturated carbocycles. The summed E-state index contributed by atoms with van der Waals surface area (Å²) in [4.78, 5) is 13.0. The van der Waals surface area contributed by atoms with E-state index in [-0.39, 0.29) is 11.4 Å². The van der Waals surface area contributed by atoms with Gasteiger partial charge >= 0.3 is 0 Å². The van der Waals surface area contributed by atoms with Crippen molar-refractivity contribution in [3.8, 4) is 0 Å². The van der Waals surface area contributed by atoms with Gasteiger partial charge in [0.15, 0.2) is 0 Å². The fourth-order valence-electron chi connectivity index (χ4n) is 4.96. The Labute approximate surface area is 130 Å². The molecule has 3 atom stereocenters. The van der Waals surface area contributed by atoms with Gasteiger partial charge in [0.25, 0.3) is 14.3 Å². The van der Waals surface area contributed by atoms with Crippen molar-refractivity contribution in [1.29, 1.82) is 0 Å². The van der Waals surface area contributed by atoms with Crippen molar-refractivity contribution in [3.05, 3.63) is 12.2 Å². The second-order valence-corrected chi connectivity index (χ2v) is 12.3. The smallest absolute Gasteiger partial charge is 0.299 e. The fourth-order valence-corrected chi connectivity index (χ4v) is 7.61. The van der Waals surface area contributed by atoms with Crippen LogP contribution in [0, 0.1) is 17.3 Å². The Morgan fingerprint density at radius 1 is 1.24 bits per heavy atom. The number of allylic oxidation sites excluding steroid dienone is 2. The standard InChI is InChI=1S/C18H30O2Si/c1-4-18(13-14-10-11-15(18)12-14)17(19)20-21(2,3)16-8-6-5-7-9-16/h10-11,14-16H,4-9,12-13H2,1-3H3. The highest BCUT2D eigenvalue weighted by molar-refractivity contribution is 6.74. The first-order valence-electron chi connectivity index (χ1n) is 8.90. The van der Waals surface area contributed by atoms with Crippen LogP contribution in [0.5, 0.6) is 0 Å². The third-order valence-electron chi connectivity index (χ3n) is 6.49. The van der Waals surface area contributed by atoms with Crippen LogP contribution in [0.15, 0.2) is 12.2 Å². The molecule has 3 unspecified atom stereocenters. The van der Waals surface area contributed by atoms with Crippen molar-refractivity contribution >= 4 is 14.3 Å². The lowest BCUT2D eigenvalue weighted by molar-refractivity contribution is -0.149. The average molecular weight is 307 g/mol. The third-order valence-corrected chi connectivity index (χ3v) is 9.75. The van der Waals surface area contributed by atoms with Crippen molar-refractivity contribution in [2.75, 3.05) is 0 Å². The zero-order valence-corrected chi connectivity index (χ0v) is 14.9. The van der Waals surface area contributed by atoms with Gasteiger partial charge in [-0.2, -0.15) is 0 Å². The number of fused-ring (bicyclic) bond motifs is 2. The van der Waals surface area contributed by atoms with Crippen LogP contribution in [0.1, 0.15) is 58.3 Å². The van der Waals surface area contributed by atoms with Gasteiger partial charge in [-0.15, -0.1) is 0 Å². The molecular weight excluding hydrogens is 276 g/mol. The van der Waals surface area contributed by atoms with Crippen LogP contribution in [0.25, 0.3) is 0 Å². The Hall–Kier alpha value is -0.573. The first kappa shape index (κ1) is 15.3. The van der Waals surface area contributed by atoms with E-state index >= 15 is 0 Å². The SMILES string of the molecule is CCC1(C(=O)O[Si](C)(C)C2CCCCC2)CC2C=CC1C2. The maximum Gasteiger partial charge on any atom is 0.299 e. The van der Waals surface area contributed by atoms with Crippen LogP contribution in [0.3, 0.4) is 0 Å². The minimum absolute atomic E-state index is 0.143. The highest BCUT2D eigenvalue weighted by Gasteiger charge is 2.54. The van der Waals surface area contributed by atoms with Crippen LogP contribution in [0.4, 0.5) is 0 Å². The van der Waals surface area contributed by atoms with E-state index in [9.17, 15) is 4.79 Å². The van der Waals surface area contributed by atoms with Crippen LogP contribution >= 0.6 is 0 Å². The molecule has 0 radical (unpaired) electrons. The summed E-state index contributed by atoms with van der Waals surface area (Å²) in [5.41, 5.74) is 0.483. The molecule has 118 valence electrons. The fraction of sp³-hybridized carbons (Fsp3) is 0.833. The van der Waals surface area contributed by atoms with Gasteiger partial charge in [0, 0.05) is 0 Å². The van der Waals surface area contributed by atoms with Crippen LogP contribution in [-0.4, -0.2) is 14.3 Å². The molecular formula is C18H30O2Si. The Morgan fingerprint density at radius 2 is 1.95 bits per heavy atom. The molecule has 0 aliphatic heterocycles. The predicted octanol–water partition coefficient (Wildman–Crippen LogP) is 5.06. The molecule has 0 amide bonds. The largest absolute Gasteiger partial charge is 0.519 e. The number of carbonyl (C=O) groups excluding carboxylic acids is 1. The quantitative estimate of drug-likeness (QED) is 0.536. The Kier molecular flexibility index (Phi) is 4.06. The lowest BCUT2D eigenvalue weighted by Gasteiger charge is -2.39. The molecule has 2 nitrogen and oxygen atoms in total. The van der Waals surface area contributed by atoms with Gasteiger partial charge in [-0.25, -0.2) is 0 Å². The highest BCUT2D eigenvalue weighted by Crippen LogP contribution is 2.55. The van der Waals surface area contributed by atoms with E-state index in [1.807, 2.05) is 0 Å². The van der Waals surface area contributed by atoms with Crippen molar-refractivity contribution < 1.29 is 9.22 Å². The summed E-state index contributed by atoms with van der Waals surface area (Å²) in [7, 11) is -1.90. The first-order chi connectivity index (χ1) is 9.98. The van der Waals surface area contributed by atoms with Gasteiger partial charge in [0.2, 0.25) is 0 Å². The van der Waals surface area contributed by atoms with E-state index in [1.54, 1.807) is 0 Å². The summed E-state index contributed by atoms with van der Waals surface area (Å²) in [5.74, 6) is 1.21. The molecule has 0 aromatic heterocycles. The average Bonchev–Trinajstić information content (AvgIpc) is 3.08. The number of rotatable bonds is 4.